The Hall–Kier alpha value is -1.53. The number of nitrogens with one attached hydrogen (secondary N) is 2. The van der Waals surface area contributed by atoms with Gasteiger partial charge in [-0.1, -0.05) is 0 Å². The number of anilines is 2. The summed E-state index contributed by atoms with van der Waals surface area (Å²) in [6, 6.07) is 2.07. The van der Waals surface area contributed by atoms with Gasteiger partial charge in [0.25, 0.3) is 0 Å². The van der Waals surface area contributed by atoms with Crippen LogP contribution >= 0.6 is 11.3 Å². The van der Waals surface area contributed by atoms with Crippen LogP contribution in [0.2, 0.25) is 0 Å². The number of nitrogens with zero attached hydrogens (tertiary/aromatic N) is 3. The molecule has 112 valence electrons. The van der Waals surface area contributed by atoms with E-state index in [1.807, 2.05) is 13.8 Å². The molecule has 0 bridgehead atoms. The molecule has 1 fully saturated rings. The molecule has 1 saturated heterocycles. The van der Waals surface area contributed by atoms with Gasteiger partial charge >= 0.3 is 0 Å². The van der Waals surface area contributed by atoms with Gasteiger partial charge in [0.05, 0.1) is 11.4 Å². The zero-order valence-electron chi connectivity index (χ0n) is 12.7. The first kappa shape index (κ1) is 14.4. The third-order valence-electron chi connectivity index (χ3n) is 3.84. The minimum absolute atomic E-state index is 0.487. The van der Waals surface area contributed by atoms with Crippen LogP contribution in [0, 0.1) is 20.8 Å². The first-order chi connectivity index (χ1) is 10.1. The standard InChI is InChI=1S/C15H21N5S/c1-9-10(2)21-15(17-9)20-14-7-13(18-11(3)19-14)12-5-4-6-16-8-12/h7,12,16H,4-6,8H2,1-3H3,(H,17,18,19,20). The van der Waals surface area contributed by atoms with Crippen molar-refractivity contribution in [2.24, 2.45) is 0 Å². The van der Waals surface area contributed by atoms with E-state index in [2.05, 4.69) is 38.6 Å². The summed E-state index contributed by atoms with van der Waals surface area (Å²) < 4.78 is 0. The molecular weight excluding hydrogens is 282 g/mol. The van der Waals surface area contributed by atoms with Crippen molar-refractivity contribution < 1.29 is 0 Å². The van der Waals surface area contributed by atoms with Gasteiger partial charge in [0.15, 0.2) is 5.13 Å². The monoisotopic (exact) mass is 303 g/mol. The number of hydrogen-bond donors (Lipinski definition) is 2. The number of hydrogen-bond acceptors (Lipinski definition) is 6. The Balaban J connectivity index is 1.83. The Morgan fingerprint density at radius 2 is 2.10 bits per heavy atom. The third kappa shape index (κ3) is 3.39. The zero-order chi connectivity index (χ0) is 14.8. The van der Waals surface area contributed by atoms with Crippen molar-refractivity contribution >= 4 is 22.3 Å². The smallest absolute Gasteiger partial charge is 0.188 e. The highest BCUT2D eigenvalue weighted by Crippen LogP contribution is 2.27. The van der Waals surface area contributed by atoms with Gasteiger partial charge in [0.2, 0.25) is 0 Å². The maximum Gasteiger partial charge on any atom is 0.188 e. The number of rotatable bonds is 3. The first-order valence-electron chi connectivity index (χ1n) is 7.39. The molecule has 3 heterocycles. The van der Waals surface area contributed by atoms with Gasteiger partial charge in [-0.25, -0.2) is 15.0 Å². The molecule has 2 aromatic rings. The van der Waals surface area contributed by atoms with E-state index in [1.54, 1.807) is 11.3 Å². The average Bonchev–Trinajstić information content (AvgIpc) is 2.77. The molecule has 0 radical (unpaired) electrons. The van der Waals surface area contributed by atoms with Crippen molar-refractivity contribution in [1.82, 2.24) is 20.3 Å². The van der Waals surface area contributed by atoms with Crippen LogP contribution in [0.25, 0.3) is 0 Å². The van der Waals surface area contributed by atoms with Crippen molar-refractivity contribution in [3.05, 3.63) is 28.2 Å². The molecule has 5 nitrogen and oxygen atoms in total. The fourth-order valence-corrected chi connectivity index (χ4v) is 3.43. The lowest BCUT2D eigenvalue weighted by molar-refractivity contribution is 0.453. The fraction of sp³-hybridized carbons (Fsp3) is 0.533. The highest BCUT2D eigenvalue weighted by molar-refractivity contribution is 7.15. The molecule has 2 aromatic heterocycles. The summed E-state index contributed by atoms with van der Waals surface area (Å²) in [5.41, 5.74) is 2.20. The summed E-state index contributed by atoms with van der Waals surface area (Å²) in [4.78, 5) is 14.8. The molecule has 1 aliphatic rings. The van der Waals surface area contributed by atoms with Crippen molar-refractivity contribution in [3.63, 3.8) is 0 Å². The summed E-state index contributed by atoms with van der Waals surface area (Å²) in [5, 5.41) is 7.66. The molecule has 0 saturated carbocycles. The summed E-state index contributed by atoms with van der Waals surface area (Å²) in [6.45, 7) is 8.18. The van der Waals surface area contributed by atoms with Gasteiger partial charge in [-0.2, -0.15) is 0 Å². The predicted molar refractivity (Wildman–Crippen MR) is 86.5 cm³/mol. The summed E-state index contributed by atoms with van der Waals surface area (Å²) in [7, 11) is 0. The van der Waals surface area contributed by atoms with Crippen LogP contribution in [0.4, 0.5) is 10.9 Å². The topological polar surface area (TPSA) is 62.7 Å². The van der Waals surface area contributed by atoms with Crippen LogP contribution < -0.4 is 10.6 Å². The van der Waals surface area contributed by atoms with Gasteiger partial charge in [-0.15, -0.1) is 11.3 Å². The van der Waals surface area contributed by atoms with Crippen LogP contribution in [-0.4, -0.2) is 28.0 Å². The van der Waals surface area contributed by atoms with Crippen molar-refractivity contribution in [2.75, 3.05) is 18.4 Å². The lowest BCUT2D eigenvalue weighted by Crippen LogP contribution is -2.29. The maximum atomic E-state index is 4.61. The minimum Gasteiger partial charge on any atom is -0.316 e. The number of piperidine rings is 1. The molecule has 0 aliphatic carbocycles. The van der Waals surface area contributed by atoms with E-state index < -0.39 is 0 Å². The van der Waals surface area contributed by atoms with E-state index in [9.17, 15) is 0 Å². The van der Waals surface area contributed by atoms with Gasteiger partial charge in [-0.05, 0) is 40.2 Å². The Labute approximate surface area is 129 Å². The van der Waals surface area contributed by atoms with E-state index in [4.69, 9.17) is 0 Å². The number of thiazole rings is 1. The molecule has 0 aromatic carbocycles. The zero-order valence-corrected chi connectivity index (χ0v) is 13.5. The van der Waals surface area contributed by atoms with Gasteiger partial charge < -0.3 is 10.6 Å². The summed E-state index contributed by atoms with van der Waals surface area (Å²) in [6.07, 6.45) is 2.40. The SMILES string of the molecule is Cc1nc(Nc2nc(C)c(C)s2)cc(C2CCCNC2)n1. The molecule has 0 amide bonds. The second-order valence-electron chi connectivity index (χ2n) is 5.55. The Morgan fingerprint density at radius 1 is 1.24 bits per heavy atom. The van der Waals surface area contributed by atoms with Crippen LogP contribution in [0.15, 0.2) is 6.07 Å². The molecule has 0 spiro atoms. The Morgan fingerprint density at radius 3 is 2.76 bits per heavy atom. The average molecular weight is 303 g/mol. The molecule has 21 heavy (non-hydrogen) atoms. The van der Waals surface area contributed by atoms with E-state index in [1.165, 1.54) is 17.7 Å². The van der Waals surface area contributed by atoms with Gasteiger partial charge in [0.1, 0.15) is 11.6 Å². The molecule has 3 rings (SSSR count). The third-order valence-corrected chi connectivity index (χ3v) is 4.82. The molecule has 1 aliphatic heterocycles. The number of aromatic nitrogens is 3. The summed E-state index contributed by atoms with van der Waals surface area (Å²) >= 11 is 1.66. The van der Waals surface area contributed by atoms with Crippen molar-refractivity contribution in [2.45, 2.75) is 39.5 Å². The second kappa shape index (κ2) is 6.07. The first-order valence-corrected chi connectivity index (χ1v) is 8.21. The normalized spacial score (nSPS) is 18.7. The molecule has 1 atom stereocenters. The van der Waals surface area contributed by atoms with Crippen LogP contribution in [-0.2, 0) is 0 Å². The lowest BCUT2D eigenvalue weighted by Gasteiger charge is -2.22. The van der Waals surface area contributed by atoms with E-state index in [0.29, 0.717) is 5.92 Å². The van der Waals surface area contributed by atoms with Crippen molar-refractivity contribution in [1.29, 1.82) is 0 Å². The Kier molecular flexibility index (Phi) is 4.17. The minimum atomic E-state index is 0.487. The molecule has 2 N–H and O–H groups in total. The van der Waals surface area contributed by atoms with E-state index in [-0.39, 0.29) is 0 Å². The molecular formula is C15H21N5S. The number of aryl methyl sites for hydroxylation is 3. The van der Waals surface area contributed by atoms with Crippen LogP contribution in [0.1, 0.15) is 40.8 Å². The highest BCUT2D eigenvalue weighted by atomic mass is 32.1. The van der Waals surface area contributed by atoms with Crippen molar-refractivity contribution in [3.8, 4) is 0 Å². The van der Waals surface area contributed by atoms with Gasteiger partial charge in [0, 0.05) is 23.4 Å². The van der Waals surface area contributed by atoms with Crippen LogP contribution in [0.5, 0.6) is 0 Å². The second-order valence-corrected chi connectivity index (χ2v) is 6.76. The van der Waals surface area contributed by atoms with E-state index >= 15 is 0 Å². The molecule has 1 unspecified atom stereocenters. The van der Waals surface area contributed by atoms with Crippen LogP contribution in [0.3, 0.4) is 0 Å². The van der Waals surface area contributed by atoms with Gasteiger partial charge in [-0.3, -0.25) is 0 Å². The lowest BCUT2D eigenvalue weighted by atomic mass is 9.96. The quantitative estimate of drug-likeness (QED) is 0.912. The molecule has 6 heteroatoms. The predicted octanol–water partition coefficient (Wildman–Crippen LogP) is 3.07. The van der Waals surface area contributed by atoms with E-state index in [0.717, 1.165) is 41.3 Å². The highest BCUT2D eigenvalue weighted by Gasteiger charge is 2.18. The summed E-state index contributed by atoms with van der Waals surface area (Å²) in [5.74, 6) is 2.14. The maximum absolute atomic E-state index is 4.61. The largest absolute Gasteiger partial charge is 0.316 e. The fourth-order valence-electron chi connectivity index (χ4n) is 2.60. The Bertz CT molecular complexity index is 611.